The molecule has 1 heterocycles. The van der Waals surface area contributed by atoms with Gasteiger partial charge in [0.2, 0.25) is 0 Å². The van der Waals surface area contributed by atoms with Gasteiger partial charge in [-0.3, -0.25) is 19.2 Å². The molecule has 4 aromatic rings. The molecular formula is C27H26ClF3N5O6PS. The van der Waals surface area contributed by atoms with Crippen LogP contribution in [0.15, 0.2) is 85.2 Å². The topological polar surface area (TPSA) is 126 Å². The third-order valence-electron chi connectivity index (χ3n) is 4.95. The number of nitrogens with zero attached hydrogens (tertiary/aromatic N) is 3. The second-order valence-electron chi connectivity index (χ2n) is 8.14. The molecule has 1 aromatic heterocycles. The average Bonchev–Trinajstić information content (AvgIpc) is 3.42. The van der Waals surface area contributed by atoms with Gasteiger partial charge in [0.05, 0.1) is 29.5 Å². The fourth-order valence-electron chi connectivity index (χ4n) is 3.22. The Kier molecular flexibility index (Phi) is 12.7. The summed E-state index contributed by atoms with van der Waals surface area (Å²) in [5.74, 6) is -1.14. The number of imide groups is 1. The molecule has 11 nitrogen and oxygen atoms in total. The van der Waals surface area contributed by atoms with E-state index in [-0.39, 0.29) is 22.3 Å². The number of ether oxygens (including phenoxy) is 1. The molecule has 0 radical (unpaired) electrons. The molecule has 3 amide bonds. The summed E-state index contributed by atoms with van der Waals surface area (Å²) >= 11 is 11.1. The van der Waals surface area contributed by atoms with Crippen molar-refractivity contribution >= 4 is 47.8 Å². The van der Waals surface area contributed by atoms with Gasteiger partial charge in [-0.05, 0) is 62.4 Å². The van der Waals surface area contributed by atoms with Crippen LogP contribution < -0.4 is 19.9 Å². The lowest BCUT2D eigenvalue weighted by Gasteiger charge is -2.18. The molecule has 2 N–H and O–H groups in total. The molecule has 4 rings (SSSR count). The van der Waals surface area contributed by atoms with E-state index in [0.717, 1.165) is 17.8 Å². The summed E-state index contributed by atoms with van der Waals surface area (Å²) in [6, 6.07) is 19.5. The van der Waals surface area contributed by atoms with E-state index in [1.807, 2.05) is 44.2 Å². The van der Waals surface area contributed by atoms with E-state index in [2.05, 4.69) is 25.5 Å². The molecule has 0 saturated heterocycles. The summed E-state index contributed by atoms with van der Waals surface area (Å²) in [4.78, 5) is 27.7. The molecular weight excluding hydrogens is 646 g/mol. The Morgan fingerprint density at radius 1 is 0.955 bits per heavy atom. The number of amides is 3. The number of anilines is 1. The first kappa shape index (κ1) is 34.5. The van der Waals surface area contributed by atoms with Crippen LogP contribution in [0.4, 0.5) is 23.7 Å². The Balaban J connectivity index is 0.000000244. The van der Waals surface area contributed by atoms with Gasteiger partial charge < -0.3 is 14.6 Å². The predicted molar refractivity (Wildman–Crippen MR) is 161 cm³/mol. The van der Waals surface area contributed by atoms with E-state index in [1.54, 1.807) is 23.1 Å². The van der Waals surface area contributed by atoms with Crippen LogP contribution in [0.25, 0.3) is 5.69 Å². The molecule has 0 bridgehead atoms. The molecule has 0 spiro atoms. The number of para-hydroxylation sites is 1. The molecule has 44 heavy (non-hydrogen) atoms. The van der Waals surface area contributed by atoms with Crippen molar-refractivity contribution in [3.63, 3.8) is 0 Å². The van der Waals surface area contributed by atoms with E-state index in [0.29, 0.717) is 13.2 Å². The highest BCUT2D eigenvalue weighted by Gasteiger charge is 2.31. The van der Waals surface area contributed by atoms with Gasteiger partial charge in [-0.15, -0.1) is 18.3 Å². The molecule has 0 aliphatic heterocycles. The van der Waals surface area contributed by atoms with Gasteiger partial charge in [-0.2, -0.15) is 4.98 Å². The van der Waals surface area contributed by atoms with Crippen molar-refractivity contribution in [2.24, 2.45) is 0 Å². The summed E-state index contributed by atoms with van der Waals surface area (Å²) in [7, 11) is 0. The van der Waals surface area contributed by atoms with Crippen LogP contribution in [-0.2, 0) is 20.9 Å². The number of benzene rings is 3. The molecule has 3 aromatic carbocycles. The maximum Gasteiger partial charge on any atom is 0.573 e. The lowest BCUT2D eigenvalue weighted by atomic mass is 10.2. The third kappa shape index (κ3) is 11.2. The largest absolute Gasteiger partial charge is 0.573 e. The first-order valence-corrected chi connectivity index (χ1v) is 15.6. The molecule has 0 unspecified atom stereocenters. The zero-order valence-electron chi connectivity index (χ0n) is 23.2. The monoisotopic (exact) mass is 671 g/mol. The zero-order chi connectivity index (χ0) is 32.2. The van der Waals surface area contributed by atoms with Gasteiger partial charge in [0, 0.05) is 17.5 Å². The van der Waals surface area contributed by atoms with E-state index in [9.17, 15) is 22.8 Å². The highest BCUT2D eigenvalue weighted by atomic mass is 35.5. The van der Waals surface area contributed by atoms with E-state index in [1.165, 1.54) is 24.3 Å². The van der Waals surface area contributed by atoms with Crippen LogP contribution in [0.5, 0.6) is 11.8 Å². The summed E-state index contributed by atoms with van der Waals surface area (Å²) < 4.78 is 57.7. The molecule has 17 heteroatoms. The van der Waals surface area contributed by atoms with Crippen molar-refractivity contribution in [1.82, 2.24) is 20.1 Å². The zero-order valence-corrected chi connectivity index (χ0v) is 25.6. The third-order valence-corrected chi connectivity index (χ3v) is 7.67. The maximum absolute atomic E-state index is 12.0. The van der Waals surface area contributed by atoms with Crippen LogP contribution in [0.1, 0.15) is 24.2 Å². The van der Waals surface area contributed by atoms with Crippen molar-refractivity contribution in [3.8, 4) is 17.4 Å². The number of carbonyl (C=O) groups is 2. The lowest BCUT2D eigenvalue weighted by molar-refractivity contribution is -0.274. The molecule has 0 fully saturated rings. The fraction of sp³-hybridized carbons (Fsp3) is 0.185. The quantitative estimate of drug-likeness (QED) is 0.169. The minimum Gasteiger partial charge on any atom is -0.406 e. The maximum atomic E-state index is 12.0. The Hall–Kier alpha value is -4.01. The van der Waals surface area contributed by atoms with Crippen LogP contribution in [0.3, 0.4) is 0 Å². The van der Waals surface area contributed by atoms with Crippen LogP contribution in [-0.4, -0.2) is 46.3 Å². The SMILES string of the molecule is CCOP(=S)(OCC)Oc1ncn(-c2ccccc2)n1.O=C(NC(=O)c1ccccc1Cl)Nc1ccc(OC(F)(F)F)cc1. The first-order valence-electron chi connectivity index (χ1n) is 12.7. The number of rotatable bonds is 10. The minimum atomic E-state index is -4.80. The Bertz CT molecular complexity index is 1570. The van der Waals surface area contributed by atoms with E-state index < -0.39 is 30.8 Å². The number of hydrogen-bond acceptors (Lipinski definition) is 9. The second-order valence-corrected chi connectivity index (χ2v) is 11.5. The predicted octanol–water partition coefficient (Wildman–Crippen LogP) is 7.14. The number of hydrogen-bond donors (Lipinski definition) is 2. The van der Waals surface area contributed by atoms with Gasteiger partial charge in [-0.1, -0.05) is 41.9 Å². The normalized spacial score (nSPS) is 11.1. The number of aromatic nitrogens is 3. The minimum absolute atomic E-state index is 0.114. The Morgan fingerprint density at radius 2 is 1.57 bits per heavy atom. The summed E-state index contributed by atoms with van der Waals surface area (Å²) in [5.41, 5.74) is 1.17. The first-order chi connectivity index (χ1) is 20.9. The Morgan fingerprint density at radius 3 is 2.16 bits per heavy atom. The molecule has 234 valence electrons. The van der Waals surface area contributed by atoms with Crippen molar-refractivity contribution in [2.75, 3.05) is 18.5 Å². The van der Waals surface area contributed by atoms with Crippen molar-refractivity contribution < 1.29 is 41.1 Å². The van der Waals surface area contributed by atoms with Crippen molar-refractivity contribution in [1.29, 1.82) is 0 Å². The summed E-state index contributed by atoms with van der Waals surface area (Å²) in [6.45, 7) is 1.67. The van der Waals surface area contributed by atoms with E-state index in [4.69, 9.17) is 37.0 Å². The van der Waals surface area contributed by atoms with Gasteiger partial charge in [0.15, 0.2) is 0 Å². The number of alkyl halides is 3. The van der Waals surface area contributed by atoms with Crippen LogP contribution >= 0.6 is 18.3 Å². The van der Waals surface area contributed by atoms with Crippen LogP contribution in [0, 0.1) is 0 Å². The van der Waals surface area contributed by atoms with Gasteiger partial charge in [0.25, 0.3) is 5.91 Å². The highest BCUT2D eigenvalue weighted by molar-refractivity contribution is 8.07. The van der Waals surface area contributed by atoms with Gasteiger partial charge in [0.1, 0.15) is 12.1 Å². The standard InChI is InChI=1S/C15H10ClF3N2O3.C12H16N3O3PS/c16-12-4-2-1-3-11(12)13(22)21-14(23)20-9-5-7-10(8-6-9)24-15(17,18)19;1-3-16-19(20,17-4-2)18-12-13-10-15(14-12)11-8-6-5-7-9-11/h1-8H,(H2,20,21,22,23);5-10H,3-4H2,1-2H3. The molecule has 0 saturated carbocycles. The highest BCUT2D eigenvalue weighted by Crippen LogP contribution is 2.48. The average molecular weight is 672 g/mol. The lowest BCUT2D eigenvalue weighted by Crippen LogP contribution is -2.34. The second kappa shape index (κ2) is 16.2. The summed E-state index contributed by atoms with van der Waals surface area (Å²) in [6.07, 6.45) is -3.24. The number of nitrogens with one attached hydrogen (secondary N) is 2. The van der Waals surface area contributed by atoms with Crippen LogP contribution in [0.2, 0.25) is 5.02 Å². The molecule has 0 aliphatic carbocycles. The number of carbonyl (C=O) groups excluding carboxylic acids is 2. The Labute approximate surface area is 260 Å². The van der Waals surface area contributed by atoms with Gasteiger partial charge >= 0.3 is 25.1 Å². The van der Waals surface area contributed by atoms with Crippen molar-refractivity contribution in [3.05, 3.63) is 95.8 Å². The van der Waals surface area contributed by atoms with Crippen molar-refractivity contribution in [2.45, 2.75) is 20.2 Å². The number of urea groups is 1. The van der Waals surface area contributed by atoms with Gasteiger partial charge in [-0.25, -0.2) is 9.48 Å². The molecule has 0 aliphatic rings. The number of halogens is 4. The fourth-order valence-corrected chi connectivity index (χ4v) is 5.37. The molecule has 0 atom stereocenters. The van der Waals surface area contributed by atoms with E-state index >= 15 is 0 Å². The smallest absolute Gasteiger partial charge is 0.406 e. The summed E-state index contributed by atoms with van der Waals surface area (Å²) in [5, 5.41) is 8.75.